The molecule has 124 valence electrons. The molecule has 0 bridgehead atoms. The van der Waals surface area contributed by atoms with Gasteiger partial charge < -0.3 is 10.6 Å². The van der Waals surface area contributed by atoms with Crippen molar-refractivity contribution in [3.8, 4) is 0 Å². The summed E-state index contributed by atoms with van der Waals surface area (Å²) in [6.07, 6.45) is -2.37. The number of halogens is 3. The average molecular weight is 325 g/mol. The quantitative estimate of drug-likeness (QED) is 0.880. The smallest absolute Gasteiger partial charge is 0.399 e. The largest absolute Gasteiger partial charge is 0.431 e. The molecule has 23 heavy (non-hydrogen) atoms. The van der Waals surface area contributed by atoms with Crippen LogP contribution in [0.1, 0.15) is 29.8 Å². The minimum absolute atomic E-state index is 0.0667. The molecule has 0 radical (unpaired) electrons. The molecule has 7 heteroatoms. The molecule has 1 aromatic heterocycles. The topological polar surface area (TPSA) is 51.3 Å². The Kier molecular flexibility index (Phi) is 4.06. The van der Waals surface area contributed by atoms with Crippen LogP contribution in [-0.2, 0) is 6.18 Å². The first-order chi connectivity index (χ1) is 10.9. The molecule has 1 fully saturated rings. The Morgan fingerprint density at radius 3 is 2.52 bits per heavy atom. The van der Waals surface area contributed by atoms with Gasteiger partial charge in [0.05, 0.1) is 5.52 Å². The number of carbonyl (C=O) groups is 1. The van der Waals surface area contributed by atoms with Crippen LogP contribution in [0.3, 0.4) is 0 Å². The van der Waals surface area contributed by atoms with Gasteiger partial charge in [0.15, 0.2) is 0 Å². The highest BCUT2D eigenvalue weighted by molar-refractivity contribution is 5.95. The number of likely N-dealkylation sites (tertiary alicyclic amines) is 1. The molecule has 1 saturated heterocycles. The van der Waals surface area contributed by atoms with Crippen LogP contribution in [-0.4, -0.2) is 35.0 Å². The third kappa shape index (κ3) is 3.19. The monoisotopic (exact) mass is 325 g/mol. The summed E-state index contributed by atoms with van der Waals surface area (Å²) >= 11 is 0. The fraction of sp³-hybridized carbons (Fsp3) is 0.438. The second-order valence-electron chi connectivity index (χ2n) is 5.87. The van der Waals surface area contributed by atoms with Crippen LogP contribution in [0.25, 0.3) is 10.9 Å². The van der Waals surface area contributed by atoms with Gasteiger partial charge >= 0.3 is 6.18 Å². The number of benzene rings is 1. The zero-order valence-corrected chi connectivity index (χ0v) is 12.6. The fourth-order valence-electron chi connectivity index (χ4n) is 3.08. The van der Waals surface area contributed by atoms with E-state index in [0.717, 1.165) is 36.6 Å². The normalized spacial score (nSPS) is 16.3. The van der Waals surface area contributed by atoms with E-state index in [1.165, 1.54) is 18.2 Å². The number of carbonyl (C=O) groups excluding carboxylic acids is 1. The summed E-state index contributed by atoms with van der Waals surface area (Å²) in [5.74, 6) is -0.538. The zero-order chi connectivity index (χ0) is 16.6. The molecule has 4 nitrogen and oxygen atoms in total. The molecule has 0 saturated carbocycles. The van der Waals surface area contributed by atoms with E-state index in [0.29, 0.717) is 17.6 Å². The lowest BCUT2D eigenvalue weighted by molar-refractivity contribution is -0.142. The van der Waals surface area contributed by atoms with Crippen LogP contribution in [0.5, 0.6) is 0 Å². The molecule has 2 N–H and O–H groups in total. The first-order valence-electron chi connectivity index (χ1n) is 7.60. The highest BCUT2D eigenvalue weighted by Gasteiger charge is 2.37. The van der Waals surface area contributed by atoms with Gasteiger partial charge in [-0.2, -0.15) is 13.2 Å². The van der Waals surface area contributed by atoms with E-state index in [1.807, 2.05) is 0 Å². The van der Waals surface area contributed by atoms with E-state index < -0.39 is 17.8 Å². The second kappa shape index (κ2) is 5.88. The number of rotatable bonds is 3. The number of nitrogen functional groups attached to an aromatic ring is 1. The molecule has 0 aliphatic carbocycles. The van der Waals surface area contributed by atoms with E-state index >= 15 is 0 Å². The fourth-order valence-corrected chi connectivity index (χ4v) is 3.08. The number of alkyl halides is 3. The van der Waals surface area contributed by atoms with Gasteiger partial charge in [-0.3, -0.25) is 9.36 Å². The zero-order valence-electron chi connectivity index (χ0n) is 12.6. The summed E-state index contributed by atoms with van der Waals surface area (Å²) in [4.78, 5) is 14.5. The van der Waals surface area contributed by atoms with Gasteiger partial charge in [-0.1, -0.05) is 0 Å². The highest BCUT2D eigenvalue weighted by atomic mass is 19.4. The van der Waals surface area contributed by atoms with E-state index in [2.05, 4.69) is 4.90 Å². The van der Waals surface area contributed by atoms with E-state index in [-0.39, 0.29) is 11.9 Å². The number of nitrogens with zero attached hydrogens (tertiary/aromatic N) is 2. The van der Waals surface area contributed by atoms with Crippen molar-refractivity contribution >= 4 is 22.5 Å². The average Bonchev–Trinajstić information content (AvgIpc) is 3.10. The molecular weight excluding hydrogens is 307 g/mol. The number of hydrogen-bond donors (Lipinski definition) is 1. The van der Waals surface area contributed by atoms with Gasteiger partial charge in [-0.15, -0.1) is 0 Å². The van der Waals surface area contributed by atoms with Crippen molar-refractivity contribution < 1.29 is 18.0 Å². The molecule has 0 atom stereocenters. The Morgan fingerprint density at radius 2 is 1.87 bits per heavy atom. The van der Waals surface area contributed by atoms with Crippen molar-refractivity contribution in [3.63, 3.8) is 0 Å². The number of anilines is 1. The summed E-state index contributed by atoms with van der Waals surface area (Å²) in [6.45, 7) is 2.30. The number of aromatic nitrogens is 1. The molecule has 1 aliphatic rings. The third-order valence-corrected chi connectivity index (χ3v) is 4.21. The van der Waals surface area contributed by atoms with E-state index in [4.69, 9.17) is 5.73 Å². The lowest BCUT2D eigenvalue weighted by Gasteiger charge is -2.16. The van der Waals surface area contributed by atoms with Gasteiger partial charge in [-0.25, -0.2) is 0 Å². The molecular formula is C16H18F3N3O. The van der Waals surface area contributed by atoms with Gasteiger partial charge in [0.1, 0.15) is 5.69 Å². The standard InChI is InChI=1S/C16H18F3N3O/c17-16(18,19)14-10-11-9-12(20)3-4-13(11)22(14)15(23)5-8-21-6-1-2-7-21/h3-4,9-10H,1-2,5-8,20H2. The summed E-state index contributed by atoms with van der Waals surface area (Å²) in [5.41, 5.74) is 5.30. The maximum absolute atomic E-state index is 13.3. The Hall–Kier alpha value is -2.02. The number of nitrogens with two attached hydrogens (primary N) is 1. The predicted octanol–water partition coefficient (Wildman–Crippen LogP) is 3.37. The van der Waals surface area contributed by atoms with Crippen LogP contribution >= 0.6 is 0 Å². The summed E-state index contributed by atoms with van der Waals surface area (Å²) in [5, 5.41) is 0.326. The molecule has 0 amide bonds. The SMILES string of the molecule is Nc1ccc2c(c1)cc(C(F)(F)F)n2C(=O)CCN1CCCC1. The highest BCUT2D eigenvalue weighted by Crippen LogP contribution is 2.34. The minimum atomic E-state index is -4.59. The van der Waals surface area contributed by atoms with Crippen LogP contribution < -0.4 is 5.73 Å². The van der Waals surface area contributed by atoms with E-state index in [1.54, 1.807) is 0 Å². The van der Waals surface area contributed by atoms with Crippen LogP contribution in [0, 0.1) is 0 Å². The van der Waals surface area contributed by atoms with Crippen molar-refractivity contribution in [2.75, 3.05) is 25.4 Å². The predicted molar refractivity (Wildman–Crippen MR) is 82.3 cm³/mol. The second-order valence-corrected chi connectivity index (χ2v) is 5.87. The van der Waals surface area contributed by atoms with Gasteiger partial charge in [0.25, 0.3) is 0 Å². The van der Waals surface area contributed by atoms with Crippen molar-refractivity contribution in [2.45, 2.75) is 25.4 Å². The van der Waals surface area contributed by atoms with Crippen molar-refractivity contribution in [3.05, 3.63) is 30.0 Å². The number of fused-ring (bicyclic) bond motifs is 1. The summed E-state index contributed by atoms with van der Waals surface area (Å²) in [6, 6.07) is 5.41. The van der Waals surface area contributed by atoms with E-state index in [9.17, 15) is 18.0 Å². The maximum Gasteiger partial charge on any atom is 0.431 e. The maximum atomic E-state index is 13.3. The lowest BCUT2D eigenvalue weighted by atomic mass is 10.2. The Labute approximate surface area is 131 Å². The Bertz CT molecular complexity index is 730. The van der Waals surface area contributed by atoms with Gasteiger partial charge in [0.2, 0.25) is 5.91 Å². The molecule has 3 rings (SSSR count). The molecule has 0 spiro atoms. The van der Waals surface area contributed by atoms with Gasteiger partial charge in [0, 0.05) is 24.0 Å². The molecule has 1 aromatic carbocycles. The van der Waals surface area contributed by atoms with Crippen LogP contribution in [0.15, 0.2) is 24.3 Å². The lowest BCUT2D eigenvalue weighted by Crippen LogP contribution is -2.26. The molecule has 2 aromatic rings. The van der Waals surface area contributed by atoms with Crippen molar-refractivity contribution in [1.29, 1.82) is 0 Å². The molecule has 1 aliphatic heterocycles. The van der Waals surface area contributed by atoms with Crippen LogP contribution in [0.4, 0.5) is 18.9 Å². The summed E-state index contributed by atoms with van der Waals surface area (Å²) < 4.78 is 40.6. The first-order valence-corrected chi connectivity index (χ1v) is 7.60. The minimum Gasteiger partial charge on any atom is -0.399 e. The summed E-state index contributed by atoms with van der Waals surface area (Å²) in [7, 11) is 0. The van der Waals surface area contributed by atoms with Crippen LogP contribution in [0.2, 0.25) is 0 Å². The molecule has 2 heterocycles. The van der Waals surface area contributed by atoms with Crippen molar-refractivity contribution in [2.24, 2.45) is 0 Å². The Morgan fingerprint density at radius 1 is 1.17 bits per heavy atom. The molecule has 0 unspecified atom stereocenters. The van der Waals surface area contributed by atoms with Gasteiger partial charge in [-0.05, 0) is 50.2 Å². The Balaban J connectivity index is 1.94. The van der Waals surface area contributed by atoms with Crippen molar-refractivity contribution in [1.82, 2.24) is 9.47 Å². The number of hydrogen-bond acceptors (Lipinski definition) is 3. The first kappa shape index (κ1) is 15.9. The third-order valence-electron chi connectivity index (χ3n) is 4.21.